The van der Waals surface area contributed by atoms with E-state index >= 15 is 0 Å². The molecule has 1 aromatic carbocycles. The van der Waals surface area contributed by atoms with E-state index in [-0.39, 0.29) is 5.82 Å². The molecule has 0 amide bonds. The van der Waals surface area contributed by atoms with Crippen LogP contribution in [0.4, 0.5) is 4.39 Å². The summed E-state index contributed by atoms with van der Waals surface area (Å²) in [6.07, 6.45) is 1.03. The second-order valence-electron chi connectivity index (χ2n) is 2.46. The summed E-state index contributed by atoms with van der Waals surface area (Å²) in [5, 5.41) is 0. The van der Waals surface area contributed by atoms with Gasteiger partial charge in [-0.05, 0) is 40.6 Å². The van der Waals surface area contributed by atoms with Gasteiger partial charge >= 0.3 is 0 Å². The maximum atomic E-state index is 12.9. The van der Waals surface area contributed by atoms with Crippen molar-refractivity contribution in [2.24, 2.45) is 0 Å². The van der Waals surface area contributed by atoms with Gasteiger partial charge in [-0.25, -0.2) is 4.39 Å². The molecule has 1 rings (SSSR count). The summed E-state index contributed by atoms with van der Waals surface area (Å²) in [6.45, 7) is 0. The smallest absolute Gasteiger partial charge is 0.136 e. The molecule has 0 aromatic heterocycles. The first kappa shape index (κ1) is 9.19. The van der Waals surface area contributed by atoms with Crippen molar-refractivity contribution in [2.45, 2.75) is 12.5 Å². The van der Waals surface area contributed by atoms with E-state index in [9.17, 15) is 4.39 Å². The largest absolute Gasteiger partial charge is 0.206 e. The van der Waals surface area contributed by atoms with Crippen LogP contribution in [-0.2, 0) is 6.42 Å². The average molecular weight is 280 g/mol. The predicted octanol–water partition coefficient (Wildman–Crippen LogP) is 1.76. The van der Waals surface area contributed by atoms with Crippen molar-refractivity contribution in [3.05, 3.63) is 33.1 Å². The van der Waals surface area contributed by atoms with Gasteiger partial charge in [0, 0.05) is 10.2 Å². The van der Waals surface area contributed by atoms with Gasteiger partial charge in [0.2, 0.25) is 0 Å². The Kier molecular flexibility index (Phi) is 3.51. The van der Waals surface area contributed by atoms with E-state index in [0.29, 0.717) is 0 Å². The lowest BCUT2D eigenvalue weighted by molar-refractivity contribution is 0.617. The van der Waals surface area contributed by atoms with E-state index in [1.54, 1.807) is 6.07 Å². The average Bonchev–Trinajstić information content (AvgIpc) is 1.99. The maximum Gasteiger partial charge on any atom is 0.136 e. The molecule has 0 aliphatic carbocycles. The first-order valence-electron chi connectivity index (χ1n) is 3.68. The molecule has 60 valence electrons. The van der Waals surface area contributed by atoms with Gasteiger partial charge in [0.1, 0.15) is 5.82 Å². The molecule has 3 heteroatoms. The maximum absolute atomic E-state index is 12.9. The Balaban J connectivity index is 2.96. The van der Waals surface area contributed by atoms with Crippen LogP contribution >= 0.6 is 22.6 Å². The van der Waals surface area contributed by atoms with Gasteiger partial charge in [-0.3, -0.25) is 0 Å². The number of aryl methyl sites for hydroxylation is 1. The van der Waals surface area contributed by atoms with E-state index in [0.717, 1.165) is 15.6 Å². The predicted molar refractivity (Wildman–Crippen MR) is 57.6 cm³/mol. The lowest BCUT2D eigenvalue weighted by Crippen LogP contribution is -1.91. The SMILES string of the molecule is Fc1cccc(CC[SiH3])c1I. The zero-order valence-electron chi connectivity index (χ0n) is 6.40. The van der Waals surface area contributed by atoms with Crippen LogP contribution < -0.4 is 0 Å². The second kappa shape index (κ2) is 4.20. The number of halogens is 2. The van der Waals surface area contributed by atoms with Crippen molar-refractivity contribution < 1.29 is 4.39 Å². The summed E-state index contributed by atoms with van der Waals surface area (Å²) in [5.74, 6) is -0.0850. The Morgan fingerprint density at radius 3 is 2.82 bits per heavy atom. The van der Waals surface area contributed by atoms with Crippen LogP contribution in [0.3, 0.4) is 0 Å². The highest BCUT2D eigenvalue weighted by atomic mass is 127. The third-order valence-electron chi connectivity index (χ3n) is 1.55. The van der Waals surface area contributed by atoms with Gasteiger partial charge in [0.15, 0.2) is 0 Å². The first-order valence-corrected chi connectivity index (χ1v) is 6.18. The molecule has 0 unspecified atom stereocenters. The van der Waals surface area contributed by atoms with Crippen LogP contribution in [0.15, 0.2) is 18.2 Å². The van der Waals surface area contributed by atoms with Crippen LogP contribution in [0.25, 0.3) is 0 Å². The quantitative estimate of drug-likeness (QED) is 0.572. The zero-order chi connectivity index (χ0) is 8.27. The number of rotatable bonds is 2. The fourth-order valence-electron chi connectivity index (χ4n) is 1.01. The summed E-state index contributed by atoms with van der Waals surface area (Å²) in [4.78, 5) is 0. The second-order valence-corrected chi connectivity index (χ2v) is 4.54. The van der Waals surface area contributed by atoms with Crippen molar-refractivity contribution in [1.29, 1.82) is 0 Å². The molecule has 0 nitrogen and oxygen atoms in total. The summed E-state index contributed by atoms with van der Waals surface area (Å²) >= 11 is 2.07. The summed E-state index contributed by atoms with van der Waals surface area (Å²) in [6, 6.07) is 6.50. The molecule has 0 fully saturated rings. The van der Waals surface area contributed by atoms with Gasteiger partial charge in [0.25, 0.3) is 0 Å². The van der Waals surface area contributed by atoms with Crippen LogP contribution in [0, 0.1) is 9.39 Å². The van der Waals surface area contributed by atoms with E-state index in [1.165, 1.54) is 22.4 Å². The molecule has 0 aliphatic heterocycles. The van der Waals surface area contributed by atoms with Crippen LogP contribution in [0.5, 0.6) is 0 Å². The van der Waals surface area contributed by atoms with Crippen LogP contribution in [0.1, 0.15) is 5.56 Å². The molecule has 1 aromatic rings. The molecular formula is C8H10FISi. The van der Waals surface area contributed by atoms with Crippen molar-refractivity contribution in [2.75, 3.05) is 0 Å². The summed E-state index contributed by atoms with van der Waals surface area (Å²) < 4.78 is 13.7. The minimum atomic E-state index is -0.0850. The highest BCUT2D eigenvalue weighted by molar-refractivity contribution is 14.1. The monoisotopic (exact) mass is 280 g/mol. The molecule has 0 atom stereocenters. The minimum absolute atomic E-state index is 0.0850. The fraction of sp³-hybridized carbons (Fsp3) is 0.250. The molecule has 0 N–H and O–H groups in total. The molecule has 0 bridgehead atoms. The Bertz CT molecular complexity index is 250. The van der Waals surface area contributed by atoms with Gasteiger partial charge in [-0.1, -0.05) is 18.2 Å². The van der Waals surface area contributed by atoms with Crippen molar-refractivity contribution in [3.63, 3.8) is 0 Å². The van der Waals surface area contributed by atoms with Gasteiger partial charge in [-0.2, -0.15) is 0 Å². The first-order chi connectivity index (χ1) is 5.25. The third kappa shape index (κ3) is 2.26. The van der Waals surface area contributed by atoms with Crippen molar-refractivity contribution in [1.82, 2.24) is 0 Å². The fourth-order valence-corrected chi connectivity index (χ4v) is 2.18. The lowest BCUT2D eigenvalue weighted by Gasteiger charge is -2.01. The van der Waals surface area contributed by atoms with E-state index in [2.05, 4.69) is 22.6 Å². The number of hydrogen-bond donors (Lipinski definition) is 0. The minimum Gasteiger partial charge on any atom is -0.206 e. The Morgan fingerprint density at radius 1 is 1.45 bits per heavy atom. The van der Waals surface area contributed by atoms with Crippen molar-refractivity contribution >= 4 is 32.8 Å². The molecule has 0 heterocycles. The summed E-state index contributed by atoms with van der Waals surface area (Å²) in [7, 11) is 1.19. The van der Waals surface area contributed by atoms with Gasteiger partial charge < -0.3 is 0 Å². The van der Waals surface area contributed by atoms with Gasteiger partial charge in [0.05, 0.1) is 3.57 Å². The van der Waals surface area contributed by atoms with Crippen LogP contribution in [-0.4, -0.2) is 10.2 Å². The standard InChI is InChI=1S/C8H10FISi/c9-7-3-1-2-6(4-5-11)8(7)10/h1-3H,4-5H2,11H3. The Morgan fingerprint density at radius 2 is 2.18 bits per heavy atom. The molecular weight excluding hydrogens is 270 g/mol. The molecule has 0 radical (unpaired) electrons. The molecule has 0 saturated heterocycles. The normalized spacial score (nSPS) is 10.4. The van der Waals surface area contributed by atoms with E-state index in [1.807, 2.05) is 6.07 Å². The van der Waals surface area contributed by atoms with E-state index < -0.39 is 0 Å². The number of benzene rings is 1. The van der Waals surface area contributed by atoms with E-state index in [4.69, 9.17) is 0 Å². The lowest BCUT2D eigenvalue weighted by atomic mass is 10.2. The molecule has 0 spiro atoms. The topological polar surface area (TPSA) is 0 Å². The highest BCUT2D eigenvalue weighted by Crippen LogP contribution is 2.16. The zero-order valence-corrected chi connectivity index (χ0v) is 10.6. The summed E-state index contributed by atoms with van der Waals surface area (Å²) in [5.41, 5.74) is 1.15. The van der Waals surface area contributed by atoms with Gasteiger partial charge in [-0.15, -0.1) is 0 Å². The third-order valence-corrected chi connectivity index (χ3v) is 3.26. The molecule has 0 saturated carbocycles. The molecule has 0 aliphatic rings. The van der Waals surface area contributed by atoms with Crippen LogP contribution in [0.2, 0.25) is 6.04 Å². The number of hydrogen-bond acceptors (Lipinski definition) is 0. The Hall–Kier alpha value is 0.0969. The Labute approximate surface area is 82.8 Å². The van der Waals surface area contributed by atoms with Crippen molar-refractivity contribution in [3.8, 4) is 0 Å². The highest BCUT2D eigenvalue weighted by Gasteiger charge is 2.02. The molecule has 11 heavy (non-hydrogen) atoms.